The van der Waals surface area contributed by atoms with Crippen molar-refractivity contribution < 1.29 is 24.1 Å². The molecule has 8 heteroatoms. The van der Waals surface area contributed by atoms with Crippen LogP contribution in [-0.2, 0) is 43.1 Å². The van der Waals surface area contributed by atoms with Gasteiger partial charge in [-0.2, -0.15) is 0 Å². The summed E-state index contributed by atoms with van der Waals surface area (Å²) in [6, 6.07) is 59.2. The molecule has 0 amide bonds. The van der Waals surface area contributed by atoms with Gasteiger partial charge in [0.05, 0.1) is 0 Å². The Balaban J connectivity index is 1.09. The summed E-state index contributed by atoms with van der Waals surface area (Å²) in [5.41, 5.74) is 15.6. The zero-order valence-corrected chi connectivity index (χ0v) is 42.2. The van der Waals surface area contributed by atoms with Crippen molar-refractivity contribution in [2.75, 3.05) is 0 Å². The van der Waals surface area contributed by atoms with E-state index in [1.807, 2.05) is 6.20 Å². The van der Waals surface area contributed by atoms with E-state index in [4.69, 9.17) is 14.7 Å². The summed E-state index contributed by atoms with van der Waals surface area (Å²) < 4.78 is 17.8. The van der Waals surface area contributed by atoms with Crippen LogP contribution in [0, 0.1) is 3.80 Å². The first-order valence-electron chi connectivity index (χ1n) is 24.1. The van der Waals surface area contributed by atoms with Crippen molar-refractivity contribution in [2.24, 2.45) is 0 Å². The number of hydrogen-bond donors (Lipinski definition) is 0. The third kappa shape index (κ3) is 7.50. The van der Waals surface area contributed by atoms with Crippen LogP contribution in [0.25, 0.3) is 83.3 Å². The number of aromatic nitrogens is 6. The summed E-state index contributed by atoms with van der Waals surface area (Å²) in [4.78, 5) is 10.2. The molecule has 0 fully saturated rings. The van der Waals surface area contributed by atoms with Crippen LogP contribution in [0.4, 0.5) is 0 Å². The molecule has 1 aliphatic heterocycles. The van der Waals surface area contributed by atoms with E-state index in [9.17, 15) is 0 Å². The first-order chi connectivity index (χ1) is 33.4. The van der Waals surface area contributed by atoms with E-state index in [1.165, 1.54) is 27.9 Å². The molecule has 0 spiro atoms. The molecule has 0 atom stereocenters. The minimum absolute atomic E-state index is 0.0256. The number of imidazole rings is 2. The van der Waals surface area contributed by atoms with Crippen LogP contribution in [0.15, 0.2) is 170 Å². The van der Waals surface area contributed by atoms with Gasteiger partial charge in [-0.05, 0) is 17.0 Å². The molecule has 12 rings (SSSR count). The topological polar surface area (TPSA) is 54.7 Å². The maximum atomic E-state index is 7.10. The quantitative estimate of drug-likeness (QED) is 0.160. The molecule has 0 N–H and O–H groups in total. The van der Waals surface area contributed by atoms with Crippen molar-refractivity contribution >= 4 is 43.9 Å². The van der Waals surface area contributed by atoms with Gasteiger partial charge in [0.15, 0.2) is 0 Å². The summed E-state index contributed by atoms with van der Waals surface area (Å²) in [6.07, 6.45) is 5.24. The van der Waals surface area contributed by atoms with Gasteiger partial charge in [0.25, 0.3) is 0 Å². The van der Waals surface area contributed by atoms with Gasteiger partial charge < -0.3 is 0 Å². The Labute approximate surface area is 413 Å². The van der Waals surface area contributed by atoms with E-state index < -0.39 is 0 Å². The van der Waals surface area contributed by atoms with E-state index in [1.54, 1.807) is 0 Å². The van der Waals surface area contributed by atoms with E-state index in [0.717, 1.165) is 114 Å². The predicted molar refractivity (Wildman–Crippen MR) is 279 cm³/mol. The summed E-state index contributed by atoms with van der Waals surface area (Å²) in [7, 11) is 0. The Bertz CT molecular complexity index is 3800. The molecule has 69 heavy (non-hydrogen) atoms. The number of fused-ring (bicyclic) bond motifs is 7. The number of para-hydroxylation sites is 2. The average molecular weight is 1080 g/mol. The van der Waals surface area contributed by atoms with Crippen LogP contribution in [0.1, 0.15) is 71.3 Å². The molecule has 344 valence electrons. The molecule has 0 radical (unpaired) electrons. The summed E-state index contributed by atoms with van der Waals surface area (Å²) >= 11 is 2.57. The average Bonchev–Trinajstić information content (AvgIpc) is 3.98. The summed E-state index contributed by atoms with van der Waals surface area (Å²) in [6.45, 7) is 14.6. The van der Waals surface area contributed by atoms with Crippen molar-refractivity contribution in [1.82, 2.24) is 28.2 Å². The van der Waals surface area contributed by atoms with Crippen molar-refractivity contribution in [2.45, 2.75) is 78.2 Å². The Morgan fingerprint density at radius 3 is 1.93 bits per heavy atom. The van der Waals surface area contributed by atoms with Crippen molar-refractivity contribution in [3.8, 4) is 50.9 Å². The van der Waals surface area contributed by atoms with Gasteiger partial charge in [-0.3, -0.25) is 0 Å². The molecule has 0 unspecified atom stereocenters. The molecule has 0 bridgehead atoms. The Morgan fingerprint density at radius 1 is 0.522 bits per heavy atom. The van der Waals surface area contributed by atoms with Crippen LogP contribution in [0.3, 0.4) is 0 Å². The molecule has 0 saturated heterocycles. The first-order valence-corrected chi connectivity index (χ1v) is 25.2. The second-order valence-corrected chi connectivity index (χ2v) is 21.6. The second-order valence-electron chi connectivity index (χ2n) is 20.6. The fourth-order valence-corrected chi connectivity index (χ4v) is 11.5. The Kier molecular flexibility index (Phi) is 10.4. The van der Waals surface area contributed by atoms with Crippen LogP contribution < -0.4 is 4.74 Å². The zero-order valence-electron chi connectivity index (χ0n) is 39.9. The van der Waals surface area contributed by atoms with E-state index in [2.05, 4.69) is 243 Å². The van der Waals surface area contributed by atoms with Gasteiger partial charge in [-0.25, -0.2) is 0 Å². The van der Waals surface area contributed by atoms with E-state index in [-0.39, 0.29) is 10.8 Å². The van der Waals surface area contributed by atoms with Crippen LogP contribution in [-0.4, -0.2) is 28.2 Å². The first kappa shape index (κ1) is 43.2. The summed E-state index contributed by atoms with van der Waals surface area (Å²) in [5.74, 6) is 3.59. The van der Waals surface area contributed by atoms with Crippen molar-refractivity contribution in [1.29, 1.82) is 0 Å². The van der Waals surface area contributed by atoms with E-state index in [0.29, 0.717) is 0 Å². The van der Waals surface area contributed by atoms with Gasteiger partial charge in [-0.15, -0.1) is 0 Å². The van der Waals surface area contributed by atoms with E-state index >= 15 is 0 Å². The number of benzene rings is 7. The molecular formula is C61H54N6OPt. The van der Waals surface area contributed by atoms with Gasteiger partial charge in [0.2, 0.25) is 0 Å². The molecule has 7 aromatic carbocycles. The minimum atomic E-state index is -0.185. The molecule has 5 heterocycles. The molecule has 0 aliphatic carbocycles. The summed E-state index contributed by atoms with van der Waals surface area (Å²) in [5, 5.41) is 2.33. The van der Waals surface area contributed by atoms with Gasteiger partial charge in [0.1, 0.15) is 0 Å². The number of ether oxygens (including phenoxy) is 1. The predicted octanol–water partition coefficient (Wildman–Crippen LogP) is 15.4. The fraction of sp³-hybridized carbons (Fsp3) is 0.197. The maximum absolute atomic E-state index is 7.10. The fourth-order valence-electron chi connectivity index (χ4n) is 10.4. The van der Waals surface area contributed by atoms with Crippen LogP contribution in [0.5, 0.6) is 11.5 Å². The zero-order chi connectivity index (χ0) is 47.2. The number of hydrogen-bond acceptors (Lipinski definition) is 3. The van der Waals surface area contributed by atoms with Crippen molar-refractivity contribution in [3.05, 3.63) is 191 Å². The monoisotopic (exact) mass is 1080 g/mol. The molecule has 7 nitrogen and oxygen atoms in total. The number of nitrogens with zero attached hydrogens (tertiary/aromatic N) is 6. The van der Waals surface area contributed by atoms with Crippen LogP contribution in [0.2, 0.25) is 0 Å². The molecule has 11 aromatic rings. The standard InChI is InChI=1S/C61H54N6O.Pt/c1-60(2,3)42-29-30-62-58(34-42)67-52-25-14-13-22-49(52)50-28-27-45(36-53(50)67)68-46-33-43(61(4,5)6)32-44(35-46)65-39-66(56-38-54-51(37-55(56)65)63-57-26-15-16-31-64(54)57)59-47(40-18-9-7-10-19-40)23-17-24-48(59)41-20-11-8-12-21-41;/h7-14,17-25,27-30,32-38H,15-16,26,31H2,1-6H3;. The number of pyridine rings is 1. The SMILES string of the molecule is CC(C)(C)c1cc(Oc2ccc3c4ccccc4n(-c4cc(C(C)(C)C)ccn4)c3c2)cc(-n2[c](=[Pt])n(-c3c(-c4ccccc4)cccc3-c3ccccc3)c3cc4c(cc32)nc2n4CCCC2)c1. The third-order valence-electron chi connectivity index (χ3n) is 13.9. The molecule has 0 saturated carbocycles. The molecular weight excluding hydrogens is 1030 g/mol. The second kappa shape index (κ2) is 16.6. The van der Waals surface area contributed by atoms with Gasteiger partial charge in [-0.1, -0.05) is 32.9 Å². The Morgan fingerprint density at radius 2 is 1.20 bits per heavy atom. The normalized spacial score (nSPS) is 13.2. The molecule has 1 aliphatic rings. The third-order valence-corrected chi connectivity index (χ3v) is 15.0. The molecule has 4 aromatic heterocycles. The number of aryl methyl sites for hydroxylation is 2. The number of rotatable bonds is 7. The van der Waals surface area contributed by atoms with Crippen LogP contribution >= 0.6 is 0 Å². The van der Waals surface area contributed by atoms with Gasteiger partial charge in [0, 0.05) is 6.20 Å². The Hall–Kier alpha value is -7.08. The van der Waals surface area contributed by atoms with Gasteiger partial charge >= 0.3 is 360 Å². The van der Waals surface area contributed by atoms with Crippen molar-refractivity contribution in [3.63, 3.8) is 0 Å².